The summed E-state index contributed by atoms with van der Waals surface area (Å²) in [7, 11) is 0. The van der Waals surface area contributed by atoms with Gasteiger partial charge in [-0.1, -0.05) is 48.5 Å². The van der Waals surface area contributed by atoms with E-state index < -0.39 is 0 Å². The maximum atomic E-state index is 12.7. The van der Waals surface area contributed by atoms with E-state index >= 15 is 0 Å². The summed E-state index contributed by atoms with van der Waals surface area (Å²) in [4.78, 5) is 14.7. The maximum absolute atomic E-state index is 12.7. The number of nitrogens with one attached hydrogen (secondary N) is 1. The van der Waals surface area contributed by atoms with Crippen LogP contribution in [0.5, 0.6) is 0 Å². The Labute approximate surface area is 159 Å². The zero-order valence-corrected chi connectivity index (χ0v) is 15.5. The number of nitrogens with zero attached hydrogens (tertiary/aromatic N) is 2. The van der Waals surface area contributed by atoms with Gasteiger partial charge >= 0.3 is 6.03 Å². The van der Waals surface area contributed by atoms with Crippen LogP contribution in [-0.4, -0.2) is 22.0 Å². The summed E-state index contributed by atoms with van der Waals surface area (Å²) in [5.41, 5.74) is 5.24. The van der Waals surface area contributed by atoms with Crippen LogP contribution in [0.3, 0.4) is 0 Å². The fourth-order valence-corrected chi connectivity index (χ4v) is 4.23. The molecule has 2 heterocycles. The number of hydrogen-bond donors (Lipinski definition) is 1. The first-order valence-corrected chi connectivity index (χ1v) is 9.95. The first-order chi connectivity index (χ1) is 13.3. The highest BCUT2D eigenvalue weighted by molar-refractivity contribution is 5.86. The lowest BCUT2D eigenvalue weighted by molar-refractivity contribution is 0.191. The van der Waals surface area contributed by atoms with Crippen LogP contribution in [-0.2, 0) is 26.1 Å². The largest absolute Gasteiger partial charge is 0.344 e. The summed E-state index contributed by atoms with van der Waals surface area (Å²) in [6.07, 6.45) is 3.65. The summed E-state index contributed by atoms with van der Waals surface area (Å²) < 4.78 is 2.53. The minimum absolute atomic E-state index is 0.0310. The Balaban J connectivity index is 1.36. The van der Waals surface area contributed by atoms with Crippen molar-refractivity contribution in [2.24, 2.45) is 5.92 Å². The predicted octanol–water partition coefficient (Wildman–Crippen LogP) is 4.32. The molecule has 2 aliphatic rings. The number of rotatable bonds is 4. The maximum Gasteiger partial charge on any atom is 0.317 e. The number of aromatic nitrogens is 1. The molecule has 0 unspecified atom stereocenters. The quantitative estimate of drug-likeness (QED) is 0.740. The third kappa shape index (κ3) is 3.20. The number of carbonyl (C=O) groups excluding carboxylic acids is 1. The molecule has 5 rings (SSSR count). The standard InChI is InChI=1S/C23H25N3O/c27-23(24-14-17-6-2-1-3-7-17)25-13-12-22-20(16-25)19-8-4-5-9-21(19)26(22)15-18-10-11-18/h1-9,18H,10-16H2,(H,24,27). The molecule has 2 amide bonds. The van der Waals surface area contributed by atoms with Crippen LogP contribution in [0.2, 0.25) is 0 Å². The van der Waals surface area contributed by atoms with Gasteiger partial charge in [-0.15, -0.1) is 0 Å². The van der Waals surface area contributed by atoms with Crippen molar-refractivity contribution in [1.82, 2.24) is 14.8 Å². The summed E-state index contributed by atoms with van der Waals surface area (Å²) in [5, 5.41) is 4.39. The molecule has 1 aliphatic carbocycles. The van der Waals surface area contributed by atoms with Crippen LogP contribution >= 0.6 is 0 Å². The van der Waals surface area contributed by atoms with E-state index in [4.69, 9.17) is 0 Å². The van der Waals surface area contributed by atoms with Crippen molar-refractivity contribution in [3.63, 3.8) is 0 Å². The summed E-state index contributed by atoms with van der Waals surface area (Å²) >= 11 is 0. The third-order valence-electron chi connectivity index (χ3n) is 5.87. The molecule has 0 saturated heterocycles. The second-order valence-electron chi connectivity index (χ2n) is 7.81. The van der Waals surface area contributed by atoms with Gasteiger partial charge in [0.15, 0.2) is 0 Å². The Kier molecular flexibility index (Phi) is 4.12. The molecular weight excluding hydrogens is 334 g/mol. The minimum atomic E-state index is 0.0310. The van der Waals surface area contributed by atoms with Crippen molar-refractivity contribution < 1.29 is 4.79 Å². The van der Waals surface area contributed by atoms with Gasteiger partial charge in [-0.05, 0) is 30.4 Å². The molecule has 1 aliphatic heterocycles. The number of urea groups is 1. The van der Waals surface area contributed by atoms with Crippen LogP contribution in [0.4, 0.5) is 4.79 Å². The van der Waals surface area contributed by atoms with Gasteiger partial charge in [0.2, 0.25) is 0 Å². The zero-order chi connectivity index (χ0) is 18.2. The average Bonchev–Trinajstić information content (AvgIpc) is 3.49. The van der Waals surface area contributed by atoms with E-state index in [1.54, 1.807) is 0 Å². The van der Waals surface area contributed by atoms with Gasteiger partial charge in [0.05, 0.1) is 0 Å². The van der Waals surface area contributed by atoms with Gasteiger partial charge in [0.25, 0.3) is 0 Å². The lowest BCUT2D eigenvalue weighted by Crippen LogP contribution is -2.42. The Morgan fingerprint density at radius 2 is 1.81 bits per heavy atom. The topological polar surface area (TPSA) is 37.3 Å². The Morgan fingerprint density at radius 1 is 1.04 bits per heavy atom. The van der Waals surface area contributed by atoms with E-state index in [1.165, 1.54) is 35.0 Å². The van der Waals surface area contributed by atoms with E-state index in [2.05, 4.69) is 34.1 Å². The van der Waals surface area contributed by atoms with Crippen molar-refractivity contribution in [2.45, 2.75) is 38.9 Å². The van der Waals surface area contributed by atoms with Crippen LogP contribution in [0, 0.1) is 5.92 Å². The Hall–Kier alpha value is -2.75. The van der Waals surface area contributed by atoms with Crippen molar-refractivity contribution in [3.8, 4) is 0 Å². The zero-order valence-electron chi connectivity index (χ0n) is 15.5. The summed E-state index contributed by atoms with van der Waals surface area (Å²) in [6.45, 7) is 3.20. The molecule has 4 heteroatoms. The molecule has 4 nitrogen and oxygen atoms in total. The molecule has 27 heavy (non-hydrogen) atoms. The van der Waals surface area contributed by atoms with E-state index in [0.29, 0.717) is 13.1 Å². The molecular formula is C23H25N3O. The highest BCUT2D eigenvalue weighted by Crippen LogP contribution is 2.36. The molecule has 1 aromatic heterocycles. The molecule has 138 valence electrons. The average molecular weight is 359 g/mol. The first kappa shape index (κ1) is 16.4. The molecule has 0 spiro atoms. The highest BCUT2D eigenvalue weighted by atomic mass is 16.2. The Morgan fingerprint density at radius 3 is 2.63 bits per heavy atom. The number of hydrogen-bond acceptors (Lipinski definition) is 1. The number of para-hydroxylation sites is 1. The van der Waals surface area contributed by atoms with Gasteiger partial charge in [-0.25, -0.2) is 4.79 Å². The van der Waals surface area contributed by atoms with Gasteiger partial charge in [0.1, 0.15) is 0 Å². The van der Waals surface area contributed by atoms with Gasteiger partial charge in [-0.3, -0.25) is 0 Å². The van der Waals surface area contributed by atoms with Crippen molar-refractivity contribution in [1.29, 1.82) is 0 Å². The van der Waals surface area contributed by atoms with Crippen LogP contribution < -0.4 is 5.32 Å². The SMILES string of the molecule is O=C(NCc1ccccc1)N1CCc2c(c3ccccc3n2CC2CC2)C1. The third-order valence-corrected chi connectivity index (χ3v) is 5.87. The highest BCUT2D eigenvalue weighted by Gasteiger charge is 2.29. The number of fused-ring (bicyclic) bond motifs is 3. The molecule has 1 N–H and O–H groups in total. The molecule has 0 atom stereocenters. The van der Waals surface area contributed by atoms with E-state index in [-0.39, 0.29) is 6.03 Å². The fraction of sp³-hybridized carbons (Fsp3) is 0.348. The Bertz CT molecular complexity index is 972. The van der Waals surface area contributed by atoms with Crippen molar-refractivity contribution in [2.75, 3.05) is 6.54 Å². The second kappa shape index (κ2) is 6.76. The molecule has 1 fully saturated rings. The lowest BCUT2D eigenvalue weighted by atomic mass is 10.0. The predicted molar refractivity (Wildman–Crippen MR) is 107 cm³/mol. The van der Waals surface area contributed by atoms with Gasteiger partial charge in [0, 0.05) is 54.8 Å². The van der Waals surface area contributed by atoms with Crippen LogP contribution in [0.1, 0.15) is 29.7 Å². The minimum Gasteiger partial charge on any atom is -0.344 e. The van der Waals surface area contributed by atoms with Crippen molar-refractivity contribution in [3.05, 3.63) is 71.4 Å². The number of carbonyl (C=O) groups is 1. The molecule has 0 bridgehead atoms. The van der Waals surface area contributed by atoms with Gasteiger partial charge in [-0.2, -0.15) is 0 Å². The van der Waals surface area contributed by atoms with Gasteiger partial charge < -0.3 is 14.8 Å². The second-order valence-corrected chi connectivity index (χ2v) is 7.81. The summed E-state index contributed by atoms with van der Waals surface area (Å²) in [6, 6.07) is 18.8. The number of benzene rings is 2. The monoisotopic (exact) mass is 359 g/mol. The van der Waals surface area contributed by atoms with E-state index in [1.807, 2.05) is 35.2 Å². The van der Waals surface area contributed by atoms with Crippen LogP contribution in [0.25, 0.3) is 10.9 Å². The first-order valence-electron chi connectivity index (χ1n) is 9.95. The normalized spacial score (nSPS) is 16.4. The number of amides is 2. The molecule has 0 radical (unpaired) electrons. The van der Waals surface area contributed by atoms with E-state index in [9.17, 15) is 4.79 Å². The van der Waals surface area contributed by atoms with E-state index in [0.717, 1.165) is 31.0 Å². The molecule has 1 saturated carbocycles. The lowest BCUT2D eigenvalue weighted by Gasteiger charge is -2.28. The van der Waals surface area contributed by atoms with Crippen molar-refractivity contribution >= 4 is 16.9 Å². The van der Waals surface area contributed by atoms with Crippen LogP contribution in [0.15, 0.2) is 54.6 Å². The molecule has 3 aromatic rings. The fourth-order valence-electron chi connectivity index (χ4n) is 4.23. The smallest absolute Gasteiger partial charge is 0.317 e. The molecule has 2 aromatic carbocycles. The summed E-state index contributed by atoms with van der Waals surface area (Å²) in [5.74, 6) is 0.845.